The first kappa shape index (κ1) is 15.7. The molecule has 2 aromatic carbocycles. The Hall–Kier alpha value is -1.71. The van der Waals surface area contributed by atoms with Gasteiger partial charge in [-0.15, -0.1) is 0 Å². The largest absolute Gasteiger partial charge is 0.484 e. The van der Waals surface area contributed by atoms with Gasteiger partial charge in [0, 0.05) is 5.69 Å². The van der Waals surface area contributed by atoms with E-state index in [2.05, 4.69) is 12.2 Å². The van der Waals surface area contributed by atoms with Gasteiger partial charge in [0.25, 0.3) is 5.91 Å². The van der Waals surface area contributed by atoms with Gasteiger partial charge in [-0.1, -0.05) is 42.3 Å². The highest BCUT2D eigenvalue weighted by Gasteiger charge is 2.05. The van der Waals surface area contributed by atoms with Crippen LogP contribution in [0.15, 0.2) is 42.5 Å². The van der Waals surface area contributed by atoms with Gasteiger partial charge in [0.05, 0.1) is 10.0 Å². The highest BCUT2D eigenvalue weighted by molar-refractivity contribution is 6.42. The molecular weight excluding hydrogens is 309 g/mol. The summed E-state index contributed by atoms with van der Waals surface area (Å²) in [6.07, 6.45) is 0.970. The molecule has 110 valence electrons. The van der Waals surface area contributed by atoms with Crippen LogP contribution in [0.25, 0.3) is 0 Å². The fourth-order valence-corrected chi connectivity index (χ4v) is 2.04. The Labute approximate surface area is 133 Å². The molecule has 2 rings (SSSR count). The van der Waals surface area contributed by atoms with E-state index >= 15 is 0 Å². The Morgan fingerprint density at radius 2 is 1.81 bits per heavy atom. The lowest BCUT2D eigenvalue weighted by molar-refractivity contribution is -0.118. The van der Waals surface area contributed by atoms with Gasteiger partial charge in [0.1, 0.15) is 5.75 Å². The number of nitrogens with one attached hydrogen (secondary N) is 1. The lowest BCUT2D eigenvalue weighted by atomic mass is 10.2. The molecule has 0 bridgehead atoms. The summed E-state index contributed by atoms with van der Waals surface area (Å²) in [7, 11) is 0. The Kier molecular flexibility index (Phi) is 5.48. The number of rotatable bonds is 5. The van der Waals surface area contributed by atoms with Crippen LogP contribution in [0, 0.1) is 0 Å². The molecule has 0 atom stereocenters. The van der Waals surface area contributed by atoms with Crippen molar-refractivity contribution in [2.75, 3.05) is 11.9 Å². The molecule has 0 unspecified atom stereocenters. The molecular formula is C16H15Cl2NO2. The lowest BCUT2D eigenvalue weighted by Gasteiger charge is -2.08. The van der Waals surface area contributed by atoms with Crippen molar-refractivity contribution in [2.45, 2.75) is 13.3 Å². The van der Waals surface area contributed by atoms with Gasteiger partial charge in [0.2, 0.25) is 0 Å². The van der Waals surface area contributed by atoms with E-state index in [0.29, 0.717) is 21.5 Å². The molecule has 0 aliphatic rings. The maximum atomic E-state index is 11.8. The van der Waals surface area contributed by atoms with Crippen molar-refractivity contribution >= 4 is 34.8 Å². The van der Waals surface area contributed by atoms with Crippen LogP contribution in [-0.2, 0) is 11.2 Å². The van der Waals surface area contributed by atoms with Gasteiger partial charge in [0.15, 0.2) is 6.61 Å². The first-order valence-electron chi connectivity index (χ1n) is 6.55. The summed E-state index contributed by atoms with van der Waals surface area (Å²) in [6.45, 7) is 2.02. The quantitative estimate of drug-likeness (QED) is 0.875. The number of hydrogen-bond donors (Lipinski definition) is 1. The highest BCUT2D eigenvalue weighted by atomic mass is 35.5. The Balaban J connectivity index is 1.87. The van der Waals surface area contributed by atoms with Gasteiger partial charge < -0.3 is 10.1 Å². The van der Waals surface area contributed by atoms with E-state index in [4.69, 9.17) is 27.9 Å². The first-order valence-corrected chi connectivity index (χ1v) is 7.30. The molecule has 3 nitrogen and oxygen atoms in total. The van der Waals surface area contributed by atoms with E-state index in [1.54, 1.807) is 18.2 Å². The number of anilines is 1. The van der Waals surface area contributed by atoms with Crippen LogP contribution in [0.2, 0.25) is 10.0 Å². The van der Waals surface area contributed by atoms with Crippen molar-refractivity contribution < 1.29 is 9.53 Å². The molecule has 1 amide bonds. The second-order valence-electron chi connectivity index (χ2n) is 4.46. The fraction of sp³-hybridized carbons (Fsp3) is 0.188. The second-order valence-corrected chi connectivity index (χ2v) is 5.28. The maximum absolute atomic E-state index is 11.8. The number of ether oxygens (including phenoxy) is 1. The standard InChI is InChI=1S/C16H15Cl2NO2/c1-2-11-3-6-13(7-4-11)21-10-16(20)19-12-5-8-14(17)15(18)9-12/h3-9H,2,10H2,1H3,(H,19,20). The summed E-state index contributed by atoms with van der Waals surface area (Å²) in [6, 6.07) is 12.6. The van der Waals surface area contributed by atoms with E-state index < -0.39 is 0 Å². The highest BCUT2D eigenvalue weighted by Crippen LogP contribution is 2.24. The van der Waals surface area contributed by atoms with E-state index in [0.717, 1.165) is 6.42 Å². The summed E-state index contributed by atoms with van der Waals surface area (Å²) in [5.41, 5.74) is 1.81. The fourth-order valence-electron chi connectivity index (χ4n) is 1.74. The Bertz CT molecular complexity index is 627. The zero-order valence-electron chi connectivity index (χ0n) is 11.5. The zero-order valence-corrected chi connectivity index (χ0v) is 13.0. The van der Waals surface area contributed by atoms with Crippen LogP contribution in [0.4, 0.5) is 5.69 Å². The molecule has 0 radical (unpaired) electrons. The zero-order chi connectivity index (χ0) is 15.2. The Morgan fingerprint density at radius 1 is 1.10 bits per heavy atom. The number of benzene rings is 2. The van der Waals surface area contributed by atoms with Crippen LogP contribution < -0.4 is 10.1 Å². The third kappa shape index (κ3) is 4.66. The summed E-state index contributed by atoms with van der Waals surface area (Å²) in [5, 5.41) is 3.54. The van der Waals surface area contributed by atoms with Crippen molar-refractivity contribution in [3.8, 4) is 5.75 Å². The molecule has 0 aliphatic carbocycles. The average molecular weight is 324 g/mol. The minimum Gasteiger partial charge on any atom is -0.484 e. The smallest absolute Gasteiger partial charge is 0.262 e. The number of carbonyl (C=O) groups is 1. The molecule has 0 spiro atoms. The normalized spacial score (nSPS) is 10.2. The van der Waals surface area contributed by atoms with Gasteiger partial charge in [-0.2, -0.15) is 0 Å². The number of halogens is 2. The van der Waals surface area contributed by atoms with Crippen LogP contribution in [0.1, 0.15) is 12.5 Å². The topological polar surface area (TPSA) is 38.3 Å². The van der Waals surface area contributed by atoms with Crippen LogP contribution in [0.5, 0.6) is 5.75 Å². The summed E-state index contributed by atoms with van der Waals surface area (Å²) in [4.78, 5) is 11.8. The number of aryl methyl sites for hydroxylation is 1. The number of carbonyl (C=O) groups excluding carboxylic acids is 1. The minimum atomic E-state index is -0.257. The number of hydrogen-bond acceptors (Lipinski definition) is 2. The third-order valence-corrected chi connectivity index (χ3v) is 3.64. The first-order chi connectivity index (χ1) is 10.1. The van der Waals surface area contributed by atoms with E-state index in [1.165, 1.54) is 5.56 Å². The molecule has 0 aromatic heterocycles. The summed E-state index contributed by atoms with van der Waals surface area (Å²) >= 11 is 11.7. The predicted octanol–water partition coefficient (Wildman–Crippen LogP) is 4.57. The van der Waals surface area contributed by atoms with Crippen LogP contribution in [-0.4, -0.2) is 12.5 Å². The van der Waals surface area contributed by atoms with Gasteiger partial charge in [-0.25, -0.2) is 0 Å². The molecule has 0 aliphatic heterocycles. The SMILES string of the molecule is CCc1ccc(OCC(=O)Nc2ccc(Cl)c(Cl)c2)cc1. The molecule has 5 heteroatoms. The van der Waals surface area contributed by atoms with Crippen LogP contribution >= 0.6 is 23.2 Å². The van der Waals surface area contributed by atoms with Crippen molar-refractivity contribution in [1.82, 2.24) is 0 Å². The average Bonchev–Trinajstić information content (AvgIpc) is 2.49. The molecule has 0 saturated carbocycles. The van der Waals surface area contributed by atoms with E-state index in [9.17, 15) is 4.79 Å². The monoisotopic (exact) mass is 323 g/mol. The third-order valence-electron chi connectivity index (χ3n) is 2.90. The minimum absolute atomic E-state index is 0.0638. The summed E-state index contributed by atoms with van der Waals surface area (Å²) in [5.74, 6) is 0.407. The van der Waals surface area contributed by atoms with E-state index in [-0.39, 0.29) is 12.5 Å². The van der Waals surface area contributed by atoms with Gasteiger partial charge in [-0.05, 0) is 42.3 Å². The molecule has 0 heterocycles. The van der Waals surface area contributed by atoms with Crippen molar-refractivity contribution in [3.05, 3.63) is 58.1 Å². The molecule has 2 aromatic rings. The van der Waals surface area contributed by atoms with Crippen molar-refractivity contribution in [3.63, 3.8) is 0 Å². The maximum Gasteiger partial charge on any atom is 0.262 e. The summed E-state index contributed by atoms with van der Waals surface area (Å²) < 4.78 is 5.42. The van der Waals surface area contributed by atoms with E-state index in [1.807, 2.05) is 24.3 Å². The number of amides is 1. The molecule has 0 fully saturated rings. The second kappa shape index (κ2) is 7.34. The molecule has 21 heavy (non-hydrogen) atoms. The van der Waals surface area contributed by atoms with Gasteiger partial charge >= 0.3 is 0 Å². The van der Waals surface area contributed by atoms with Gasteiger partial charge in [-0.3, -0.25) is 4.79 Å². The molecule has 1 N–H and O–H groups in total. The van der Waals surface area contributed by atoms with Crippen LogP contribution in [0.3, 0.4) is 0 Å². The Morgan fingerprint density at radius 3 is 2.43 bits per heavy atom. The predicted molar refractivity (Wildman–Crippen MR) is 86.4 cm³/mol. The van der Waals surface area contributed by atoms with Crippen molar-refractivity contribution in [2.24, 2.45) is 0 Å². The molecule has 0 saturated heterocycles. The lowest BCUT2D eigenvalue weighted by Crippen LogP contribution is -2.20. The van der Waals surface area contributed by atoms with Crippen molar-refractivity contribution in [1.29, 1.82) is 0 Å².